The second-order valence-electron chi connectivity index (χ2n) is 4.95. The van der Waals surface area contributed by atoms with Crippen molar-refractivity contribution in [1.82, 2.24) is 9.62 Å². The summed E-state index contributed by atoms with van der Waals surface area (Å²) in [6, 6.07) is 4.44. The Bertz CT molecular complexity index is 589. The highest BCUT2D eigenvalue weighted by molar-refractivity contribution is 7.89. The Balaban J connectivity index is 2.29. The van der Waals surface area contributed by atoms with Gasteiger partial charge in [-0.05, 0) is 37.6 Å². The molecule has 0 saturated carbocycles. The van der Waals surface area contributed by atoms with Gasteiger partial charge >= 0.3 is 0 Å². The minimum Gasteiger partial charge on any atom is -0.395 e. The Morgan fingerprint density at radius 1 is 1.38 bits per heavy atom. The lowest BCUT2D eigenvalue weighted by atomic mass is 10.2. The fourth-order valence-corrected chi connectivity index (χ4v) is 4.61. The predicted octanol–water partition coefficient (Wildman–Crippen LogP) is 1.73. The van der Waals surface area contributed by atoms with Gasteiger partial charge in [-0.15, -0.1) is 0 Å². The van der Waals surface area contributed by atoms with E-state index in [0.717, 1.165) is 19.4 Å². The second-order valence-corrected chi connectivity index (χ2v) is 7.70. The lowest BCUT2D eigenvalue weighted by molar-refractivity contribution is 0.246. The molecule has 1 saturated heterocycles. The van der Waals surface area contributed by atoms with Crippen molar-refractivity contribution in [1.29, 1.82) is 0 Å². The number of aliphatic hydroxyl groups is 1. The minimum atomic E-state index is -3.79. The van der Waals surface area contributed by atoms with Gasteiger partial charge in [-0.2, -0.15) is 4.31 Å². The molecule has 21 heavy (non-hydrogen) atoms. The average Bonchev–Trinajstić information content (AvgIpc) is 2.94. The summed E-state index contributed by atoms with van der Waals surface area (Å²) < 4.78 is 26.7. The SMILES string of the molecule is O=S(=O)(c1cc(Cl)ccc1Cl)N(CCO)CC1CCCN1. The van der Waals surface area contributed by atoms with Crippen molar-refractivity contribution in [2.45, 2.75) is 23.8 Å². The number of rotatable bonds is 6. The molecule has 118 valence electrons. The zero-order valence-corrected chi connectivity index (χ0v) is 13.8. The Kier molecular flexibility index (Phi) is 5.88. The normalized spacial score (nSPS) is 19.3. The van der Waals surface area contributed by atoms with Crippen LogP contribution in [-0.4, -0.2) is 50.1 Å². The van der Waals surface area contributed by atoms with Gasteiger partial charge in [0.15, 0.2) is 0 Å². The third kappa shape index (κ3) is 4.09. The van der Waals surface area contributed by atoms with Crippen LogP contribution in [0.4, 0.5) is 0 Å². The van der Waals surface area contributed by atoms with E-state index in [2.05, 4.69) is 5.32 Å². The third-order valence-electron chi connectivity index (χ3n) is 3.45. The van der Waals surface area contributed by atoms with Crippen molar-refractivity contribution in [3.63, 3.8) is 0 Å². The smallest absolute Gasteiger partial charge is 0.244 e. The number of hydrogen-bond donors (Lipinski definition) is 2. The van der Waals surface area contributed by atoms with E-state index in [1.165, 1.54) is 22.5 Å². The summed E-state index contributed by atoms with van der Waals surface area (Å²) in [5, 5.41) is 12.8. The highest BCUT2D eigenvalue weighted by Crippen LogP contribution is 2.28. The van der Waals surface area contributed by atoms with E-state index in [9.17, 15) is 8.42 Å². The van der Waals surface area contributed by atoms with Gasteiger partial charge < -0.3 is 10.4 Å². The summed E-state index contributed by atoms with van der Waals surface area (Å²) in [5.41, 5.74) is 0. The van der Waals surface area contributed by atoms with Gasteiger partial charge in [0.1, 0.15) is 4.90 Å². The van der Waals surface area contributed by atoms with Gasteiger partial charge in [0.25, 0.3) is 0 Å². The van der Waals surface area contributed by atoms with Crippen LogP contribution in [0, 0.1) is 0 Å². The molecule has 0 amide bonds. The zero-order chi connectivity index (χ0) is 15.5. The van der Waals surface area contributed by atoms with E-state index in [1.807, 2.05) is 0 Å². The summed E-state index contributed by atoms with van der Waals surface area (Å²) in [7, 11) is -3.79. The van der Waals surface area contributed by atoms with Crippen LogP contribution in [-0.2, 0) is 10.0 Å². The van der Waals surface area contributed by atoms with Crippen LogP contribution >= 0.6 is 23.2 Å². The van der Waals surface area contributed by atoms with E-state index in [0.29, 0.717) is 11.6 Å². The summed E-state index contributed by atoms with van der Waals surface area (Å²) in [4.78, 5) is -0.0249. The quantitative estimate of drug-likeness (QED) is 0.817. The standard InChI is InChI=1S/C13H18Cl2N2O3S/c14-10-3-4-12(15)13(8-10)21(19,20)17(6-7-18)9-11-2-1-5-16-11/h3-4,8,11,16,18H,1-2,5-7,9H2. The fourth-order valence-electron chi connectivity index (χ4n) is 2.39. The Hall–Kier alpha value is -0.370. The number of hydrogen-bond acceptors (Lipinski definition) is 4. The molecule has 8 heteroatoms. The Morgan fingerprint density at radius 2 is 2.14 bits per heavy atom. The van der Waals surface area contributed by atoms with Crippen LogP contribution in [0.25, 0.3) is 0 Å². The Labute approximate surface area is 134 Å². The van der Waals surface area contributed by atoms with Crippen molar-refractivity contribution in [2.75, 3.05) is 26.2 Å². The number of nitrogens with zero attached hydrogens (tertiary/aromatic N) is 1. The Morgan fingerprint density at radius 3 is 2.76 bits per heavy atom. The van der Waals surface area contributed by atoms with Crippen LogP contribution in [0.1, 0.15) is 12.8 Å². The molecule has 0 radical (unpaired) electrons. The zero-order valence-electron chi connectivity index (χ0n) is 11.4. The average molecular weight is 353 g/mol. The molecule has 0 spiro atoms. The van der Waals surface area contributed by atoms with Crippen LogP contribution in [0.3, 0.4) is 0 Å². The first kappa shape index (κ1) is 17.0. The highest BCUT2D eigenvalue weighted by Gasteiger charge is 2.29. The molecule has 1 aromatic carbocycles. The van der Waals surface area contributed by atoms with E-state index in [1.54, 1.807) is 0 Å². The van der Waals surface area contributed by atoms with Gasteiger partial charge in [-0.25, -0.2) is 8.42 Å². The first-order chi connectivity index (χ1) is 9.95. The summed E-state index contributed by atoms with van der Waals surface area (Å²) in [6.45, 7) is 0.981. The third-order valence-corrected chi connectivity index (χ3v) is 6.03. The van der Waals surface area contributed by atoms with Gasteiger partial charge in [0, 0.05) is 24.2 Å². The fraction of sp³-hybridized carbons (Fsp3) is 0.538. The van der Waals surface area contributed by atoms with Gasteiger partial charge in [-0.3, -0.25) is 0 Å². The maximum Gasteiger partial charge on any atom is 0.244 e. The van der Waals surface area contributed by atoms with Crippen molar-refractivity contribution in [3.8, 4) is 0 Å². The van der Waals surface area contributed by atoms with Crippen LogP contribution in [0.5, 0.6) is 0 Å². The molecular weight excluding hydrogens is 335 g/mol. The number of benzene rings is 1. The van der Waals surface area contributed by atoms with E-state index in [4.69, 9.17) is 28.3 Å². The molecule has 0 bridgehead atoms. The second kappa shape index (κ2) is 7.26. The van der Waals surface area contributed by atoms with E-state index >= 15 is 0 Å². The lowest BCUT2D eigenvalue weighted by Gasteiger charge is -2.25. The molecule has 2 rings (SSSR count). The molecule has 1 unspecified atom stereocenters. The van der Waals surface area contributed by atoms with Crippen molar-refractivity contribution >= 4 is 33.2 Å². The van der Waals surface area contributed by atoms with Crippen molar-refractivity contribution < 1.29 is 13.5 Å². The molecule has 1 heterocycles. The molecule has 0 aromatic heterocycles. The number of aliphatic hydroxyl groups excluding tert-OH is 1. The number of nitrogens with one attached hydrogen (secondary N) is 1. The summed E-state index contributed by atoms with van der Waals surface area (Å²) >= 11 is 11.9. The van der Waals surface area contributed by atoms with Crippen molar-refractivity contribution in [3.05, 3.63) is 28.2 Å². The summed E-state index contributed by atoms with van der Waals surface area (Å²) in [6.07, 6.45) is 1.94. The number of sulfonamides is 1. The molecular formula is C13H18Cl2N2O3S. The first-order valence-electron chi connectivity index (χ1n) is 6.74. The lowest BCUT2D eigenvalue weighted by Crippen LogP contribution is -2.42. The molecule has 1 atom stereocenters. The maximum atomic E-state index is 12.7. The van der Waals surface area contributed by atoms with Crippen molar-refractivity contribution in [2.24, 2.45) is 0 Å². The maximum absolute atomic E-state index is 12.7. The summed E-state index contributed by atoms with van der Waals surface area (Å²) in [5.74, 6) is 0. The monoisotopic (exact) mass is 352 g/mol. The highest BCUT2D eigenvalue weighted by atomic mass is 35.5. The minimum absolute atomic E-state index is 0.0249. The molecule has 1 fully saturated rings. The van der Waals surface area contributed by atoms with Crippen LogP contribution in [0.2, 0.25) is 10.0 Å². The van der Waals surface area contributed by atoms with E-state index in [-0.39, 0.29) is 29.1 Å². The number of halogens is 2. The van der Waals surface area contributed by atoms with Gasteiger partial charge in [0.05, 0.1) is 11.6 Å². The van der Waals surface area contributed by atoms with Crippen LogP contribution in [0.15, 0.2) is 23.1 Å². The molecule has 2 N–H and O–H groups in total. The molecule has 1 aliphatic rings. The van der Waals surface area contributed by atoms with Gasteiger partial charge in [0.2, 0.25) is 10.0 Å². The topological polar surface area (TPSA) is 69.6 Å². The van der Waals surface area contributed by atoms with Crippen LogP contribution < -0.4 is 5.32 Å². The van der Waals surface area contributed by atoms with E-state index < -0.39 is 10.0 Å². The molecule has 1 aromatic rings. The molecule has 1 aliphatic heterocycles. The molecule has 0 aliphatic carbocycles. The molecule has 5 nitrogen and oxygen atoms in total. The predicted molar refractivity (Wildman–Crippen MR) is 83.3 cm³/mol. The first-order valence-corrected chi connectivity index (χ1v) is 8.94. The largest absolute Gasteiger partial charge is 0.395 e. The van der Waals surface area contributed by atoms with Gasteiger partial charge in [-0.1, -0.05) is 23.2 Å².